The predicted octanol–water partition coefficient (Wildman–Crippen LogP) is 1.61. The number of benzene rings is 1. The largest absolute Gasteiger partial charge is 0.347 e. The highest BCUT2D eigenvalue weighted by Gasteiger charge is 2.24. The number of amides is 1. The minimum Gasteiger partial charge on any atom is -0.347 e. The van der Waals surface area contributed by atoms with Crippen LogP contribution < -0.4 is 5.32 Å². The molecule has 2 aromatic rings. The van der Waals surface area contributed by atoms with Crippen molar-refractivity contribution in [1.29, 1.82) is 5.26 Å². The Hall–Kier alpha value is -2.81. The molecular weight excluding hydrogens is 290 g/mol. The molecule has 1 aromatic carbocycles. The maximum atomic E-state index is 12.4. The molecule has 0 unspecified atom stereocenters. The van der Waals surface area contributed by atoms with Crippen molar-refractivity contribution in [1.82, 2.24) is 19.8 Å². The van der Waals surface area contributed by atoms with E-state index in [-0.39, 0.29) is 11.9 Å². The number of nitrogens with zero attached hydrogens (tertiary/aromatic N) is 4. The van der Waals surface area contributed by atoms with Crippen molar-refractivity contribution in [2.45, 2.75) is 25.4 Å². The summed E-state index contributed by atoms with van der Waals surface area (Å²) in [4.78, 5) is 18.3. The molecule has 1 N–H and O–H groups in total. The monoisotopic (exact) mass is 309 g/mol. The smallest absolute Gasteiger partial charge is 0.287 e. The van der Waals surface area contributed by atoms with E-state index in [9.17, 15) is 4.79 Å². The van der Waals surface area contributed by atoms with E-state index in [1.54, 1.807) is 17.3 Å². The number of imidazole rings is 1. The average molecular weight is 309 g/mol. The zero-order valence-corrected chi connectivity index (χ0v) is 12.9. The molecule has 1 saturated heterocycles. The molecule has 0 bridgehead atoms. The Morgan fingerprint density at radius 2 is 2.22 bits per heavy atom. The number of aromatic nitrogens is 2. The fourth-order valence-electron chi connectivity index (χ4n) is 2.90. The second-order valence-corrected chi connectivity index (χ2v) is 5.66. The van der Waals surface area contributed by atoms with Crippen LogP contribution in [0.4, 0.5) is 0 Å². The molecular formula is C17H19N5O. The van der Waals surface area contributed by atoms with Crippen LogP contribution in [0.15, 0.2) is 42.7 Å². The number of hydrogen-bond acceptors (Lipinski definition) is 4. The summed E-state index contributed by atoms with van der Waals surface area (Å²) in [5, 5.41) is 11.9. The van der Waals surface area contributed by atoms with Gasteiger partial charge in [-0.25, -0.2) is 4.98 Å². The summed E-state index contributed by atoms with van der Waals surface area (Å²) in [7, 11) is 0. The summed E-state index contributed by atoms with van der Waals surface area (Å²) in [6.07, 6.45) is 7.55. The lowest BCUT2D eigenvalue weighted by Crippen LogP contribution is -2.38. The molecule has 1 fully saturated rings. The lowest BCUT2D eigenvalue weighted by molar-refractivity contribution is 0.0931. The van der Waals surface area contributed by atoms with Crippen molar-refractivity contribution < 1.29 is 4.79 Å². The summed E-state index contributed by atoms with van der Waals surface area (Å²) < 4.78 is 1.83. The normalized spacial score (nSPS) is 17.0. The lowest BCUT2D eigenvalue weighted by atomic mass is 10.2. The van der Waals surface area contributed by atoms with E-state index in [0.29, 0.717) is 18.9 Å². The van der Waals surface area contributed by atoms with Crippen molar-refractivity contribution in [2.75, 3.05) is 13.1 Å². The molecule has 23 heavy (non-hydrogen) atoms. The Balaban J connectivity index is 1.62. The quantitative estimate of drug-likeness (QED) is 0.852. The second kappa shape index (κ2) is 6.97. The Morgan fingerprint density at radius 1 is 1.39 bits per heavy atom. The number of nitrogens with one attached hydrogen (secondary N) is 1. The van der Waals surface area contributed by atoms with Gasteiger partial charge in [0.2, 0.25) is 0 Å². The van der Waals surface area contributed by atoms with Crippen LogP contribution in [0.2, 0.25) is 0 Å². The molecule has 1 aromatic heterocycles. The fraction of sp³-hybridized carbons (Fsp3) is 0.353. The molecule has 0 aliphatic carbocycles. The first kappa shape index (κ1) is 15.1. The Bertz CT molecular complexity index is 703. The first-order chi connectivity index (χ1) is 11.3. The van der Waals surface area contributed by atoms with Crippen molar-refractivity contribution in [2.24, 2.45) is 0 Å². The maximum absolute atomic E-state index is 12.4. The number of carbonyl (C=O) groups is 1. The lowest BCUT2D eigenvalue weighted by Gasteiger charge is -2.18. The van der Waals surface area contributed by atoms with Gasteiger partial charge in [0, 0.05) is 32.0 Å². The predicted molar refractivity (Wildman–Crippen MR) is 85.4 cm³/mol. The zero-order valence-electron chi connectivity index (χ0n) is 12.9. The van der Waals surface area contributed by atoms with Gasteiger partial charge in [-0.15, -0.1) is 0 Å². The van der Waals surface area contributed by atoms with E-state index in [2.05, 4.69) is 16.5 Å². The van der Waals surface area contributed by atoms with Crippen molar-refractivity contribution >= 4 is 5.91 Å². The molecule has 6 heteroatoms. The molecule has 1 aliphatic rings. The topological polar surface area (TPSA) is 74.0 Å². The van der Waals surface area contributed by atoms with Gasteiger partial charge >= 0.3 is 0 Å². The summed E-state index contributed by atoms with van der Waals surface area (Å²) in [5.41, 5.74) is 1.12. The van der Waals surface area contributed by atoms with Crippen LogP contribution in [-0.4, -0.2) is 39.5 Å². The van der Waals surface area contributed by atoms with Crippen LogP contribution in [0, 0.1) is 11.5 Å². The van der Waals surface area contributed by atoms with Gasteiger partial charge in [0.05, 0.1) is 6.04 Å². The van der Waals surface area contributed by atoms with Gasteiger partial charge in [-0.1, -0.05) is 30.3 Å². The summed E-state index contributed by atoms with van der Waals surface area (Å²) in [6.45, 7) is 1.86. The highest BCUT2D eigenvalue weighted by Crippen LogP contribution is 2.15. The Morgan fingerprint density at radius 3 is 3.00 bits per heavy atom. The zero-order chi connectivity index (χ0) is 16.1. The molecule has 3 rings (SSSR count). The molecule has 118 valence electrons. The van der Waals surface area contributed by atoms with Crippen molar-refractivity contribution in [3.63, 3.8) is 0 Å². The van der Waals surface area contributed by atoms with Crippen molar-refractivity contribution in [3.8, 4) is 6.19 Å². The highest BCUT2D eigenvalue weighted by atomic mass is 16.2. The Labute approximate surface area is 135 Å². The van der Waals surface area contributed by atoms with Crippen LogP contribution in [0.3, 0.4) is 0 Å². The van der Waals surface area contributed by atoms with Crippen LogP contribution in [-0.2, 0) is 6.54 Å². The Kier molecular flexibility index (Phi) is 4.57. The van der Waals surface area contributed by atoms with Gasteiger partial charge in [-0.2, -0.15) is 5.26 Å². The average Bonchev–Trinajstić information content (AvgIpc) is 3.22. The van der Waals surface area contributed by atoms with Crippen LogP contribution in [0.5, 0.6) is 0 Å². The molecule has 6 nitrogen and oxygen atoms in total. The number of rotatable bonds is 5. The van der Waals surface area contributed by atoms with E-state index < -0.39 is 0 Å². The maximum Gasteiger partial charge on any atom is 0.287 e. The first-order valence-corrected chi connectivity index (χ1v) is 7.77. The van der Waals surface area contributed by atoms with Gasteiger partial charge < -0.3 is 14.8 Å². The third-order valence-corrected chi connectivity index (χ3v) is 4.12. The third-order valence-electron chi connectivity index (χ3n) is 4.12. The standard InChI is InChI=1S/C17H19N5O/c18-13-22-9-4-7-15(22)11-20-17(23)16-19-8-10-21(16)12-14-5-2-1-3-6-14/h1-3,5-6,8,10,15H,4,7,9,11-12H2,(H,20,23)/t15-/m1/s1. The fourth-order valence-corrected chi connectivity index (χ4v) is 2.90. The van der Waals surface area contributed by atoms with E-state index in [4.69, 9.17) is 5.26 Å². The van der Waals surface area contributed by atoms with Gasteiger partial charge in [-0.3, -0.25) is 4.79 Å². The summed E-state index contributed by atoms with van der Waals surface area (Å²) in [6, 6.07) is 10.1. The van der Waals surface area contributed by atoms with E-state index >= 15 is 0 Å². The molecule has 0 radical (unpaired) electrons. The SMILES string of the molecule is N#CN1CCC[C@@H]1CNC(=O)c1nccn1Cc1ccccc1. The van der Waals surface area contributed by atoms with E-state index in [1.807, 2.05) is 34.9 Å². The number of hydrogen-bond donors (Lipinski definition) is 1. The minimum atomic E-state index is -0.198. The van der Waals surface area contributed by atoms with E-state index in [1.165, 1.54) is 0 Å². The van der Waals surface area contributed by atoms with Crippen molar-refractivity contribution in [3.05, 3.63) is 54.1 Å². The summed E-state index contributed by atoms with van der Waals surface area (Å²) >= 11 is 0. The molecule has 0 spiro atoms. The van der Waals surface area contributed by atoms with Crippen LogP contribution >= 0.6 is 0 Å². The molecule has 2 heterocycles. The third kappa shape index (κ3) is 3.51. The van der Waals surface area contributed by atoms with Gasteiger partial charge in [0.1, 0.15) is 0 Å². The molecule has 1 aliphatic heterocycles. The molecule has 1 amide bonds. The summed E-state index contributed by atoms with van der Waals surface area (Å²) in [5.74, 6) is 0.200. The highest BCUT2D eigenvalue weighted by molar-refractivity contribution is 5.90. The van der Waals surface area contributed by atoms with Gasteiger partial charge in [-0.05, 0) is 18.4 Å². The molecule has 1 atom stereocenters. The minimum absolute atomic E-state index is 0.0986. The first-order valence-electron chi connectivity index (χ1n) is 7.77. The molecule has 0 saturated carbocycles. The number of nitriles is 1. The van der Waals surface area contributed by atoms with Crippen LogP contribution in [0.25, 0.3) is 0 Å². The number of likely N-dealkylation sites (tertiary alicyclic amines) is 1. The van der Waals surface area contributed by atoms with Gasteiger partial charge in [0.15, 0.2) is 12.0 Å². The number of carbonyl (C=O) groups excluding carboxylic acids is 1. The second-order valence-electron chi connectivity index (χ2n) is 5.66. The van der Waals surface area contributed by atoms with Crippen LogP contribution in [0.1, 0.15) is 29.0 Å². The van der Waals surface area contributed by atoms with E-state index in [0.717, 1.165) is 24.9 Å². The van der Waals surface area contributed by atoms with Gasteiger partial charge in [0.25, 0.3) is 5.91 Å².